The Morgan fingerprint density at radius 1 is 1.03 bits per heavy atom. The Morgan fingerprint density at radius 2 is 1.74 bits per heavy atom. The van der Waals surface area contributed by atoms with Gasteiger partial charge in [0.2, 0.25) is 11.8 Å². The summed E-state index contributed by atoms with van der Waals surface area (Å²) in [4.78, 5) is 13.8. The highest BCUT2D eigenvalue weighted by molar-refractivity contribution is 7.09. The van der Waals surface area contributed by atoms with Crippen molar-refractivity contribution in [3.8, 4) is 0 Å². The van der Waals surface area contributed by atoms with Crippen molar-refractivity contribution in [2.75, 3.05) is 0 Å². The summed E-state index contributed by atoms with van der Waals surface area (Å²) in [5.41, 5.74) is 0.892. The average Bonchev–Trinajstić information content (AvgIpc) is 3.20. The Kier molecular flexibility index (Phi) is 10.1. The molecule has 0 aliphatic rings. The molecular weight excluding hydrogens is 414 g/mol. The third kappa shape index (κ3) is 9.49. The van der Waals surface area contributed by atoms with Crippen molar-refractivity contribution in [2.24, 2.45) is 11.8 Å². The fraction of sp³-hybridized carbons (Fsp3) is 0.542. The highest BCUT2D eigenvalue weighted by atomic mass is 32.1. The molecule has 2 rings (SSSR count). The lowest BCUT2D eigenvalue weighted by molar-refractivity contribution is -0.196. The number of hydrogen-bond donors (Lipinski definition) is 5. The van der Waals surface area contributed by atoms with Gasteiger partial charge in [0.05, 0.1) is 12.2 Å². The molecule has 31 heavy (non-hydrogen) atoms. The molecular formula is C24H35NO5S. The highest BCUT2D eigenvalue weighted by Crippen LogP contribution is 2.22. The number of aliphatic hydroxyl groups is 4. The Labute approximate surface area is 188 Å². The summed E-state index contributed by atoms with van der Waals surface area (Å²) in [6.07, 6.45) is -0.0962. The van der Waals surface area contributed by atoms with Crippen LogP contribution >= 0.6 is 11.3 Å². The molecule has 2 aromatic rings. The van der Waals surface area contributed by atoms with Gasteiger partial charge in [-0.3, -0.25) is 4.79 Å². The maximum absolute atomic E-state index is 12.9. The van der Waals surface area contributed by atoms with Gasteiger partial charge < -0.3 is 25.7 Å². The van der Waals surface area contributed by atoms with Crippen LogP contribution in [0.25, 0.3) is 0 Å². The topological polar surface area (TPSA) is 110 Å². The van der Waals surface area contributed by atoms with E-state index in [4.69, 9.17) is 0 Å². The number of rotatable bonds is 13. The van der Waals surface area contributed by atoms with Crippen LogP contribution in [0.1, 0.15) is 50.0 Å². The van der Waals surface area contributed by atoms with Gasteiger partial charge in [-0.25, -0.2) is 0 Å². The van der Waals surface area contributed by atoms with Gasteiger partial charge in [0.1, 0.15) is 0 Å². The summed E-state index contributed by atoms with van der Waals surface area (Å²) in [5.74, 6) is -3.12. The monoisotopic (exact) mass is 449 g/mol. The van der Waals surface area contributed by atoms with Crippen molar-refractivity contribution < 1.29 is 25.2 Å². The lowest BCUT2D eigenvalue weighted by Gasteiger charge is -2.28. The van der Waals surface area contributed by atoms with Gasteiger partial charge in [0.25, 0.3) is 0 Å². The predicted molar refractivity (Wildman–Crippen MR) is 122 cm³/mol. The van der Waals surface area contributed by atoms with Crippen LogP contribution < -0.4 is 5.32 Å². The van der Waals surface area contributed by atoms with Crippen molar-refractivity contribution >= 4 is 17.2 Å². The third-order valence-corrected chi connectivity index (χ3v) is 6.19. The number of carbonyl (C=O) groups is 1. The minimum absolute atomic E-state index is 0.0137. The first-order chi connectivity index (χ1) is 14.7. The number of amides is 1. The van der Waals surface area contributed by atoms with Gasteiger partial charge in [-0.15, -0.1) is 11.3 Å². The van der Waals surface area contributed by atoms with Gasteiger partial charge in [-0.05, 0) is 42.2 Å². The van der Waals surface area contributed by atoms with E-state index in [1.165, 1.54) is 11.3 Å². The smallest absolute Gasteiger partial charge is 0.246 e. The molecule has 1 aromatic carbocycles. The van der Waals surface area contributed by atoms with Crippen LogP contribution in [0.2, 0.25) is 0 Å². The van der Waals surface area contributed by atoms with Gasteiger partial charge in [-0.2, -0.15) is 0 Å². The van der Waals surface area contributed by atoms with E-state index >= 15 is 0 Å². The summed E-state index contributed by atoms with van der Waals surface area (Å²) in [5, 5.41) is 45.7. The maximum atomic E-state index is 12.9. The Balaban J connectivity index is 2.01. The van der Waals surface area contributed by atoms with E-state index in [9.17, 15) is 25.2 Å². The summed E-state index contributed by atoms with van der Waals surface area (Å²) in [7, 11) is 0. The zero-order valence-corrected chi connectivity index (χ0v) is 19.1. The molecule has 2 unspecified atom stereocenters. The highest BCUT2D eigenvalue weighted by Gasteiger charge is 2.32. The Bertz CT molecular complexity index is 764. The van der Waals surface area contributed by atoms with Crippen LogP contribution in [0.4, 0.5) is 0 Å². The quantitative estimate of drug-likeness (QED) is 0.302. The van der Waals surface area contributed by atoms with Crippen molar-refractivity contribution in [3.05, 3.63) is 58.3 Å². The molecule has 1 aromatic heterocycles. The summed E-state index contributed by atoms with van der Waals surface area (Å²) >= 11 is 1.49. The van der Waals surface area contributed by atoms with Gasteiger partial charge in [0, 0.05) is 23.6 Å². The zero-order valence-electron chi connectivity index (χ0n) is 18.3. The first-order valence-electron chi connectivity index (χ1n) is 10.9. The normalized spacial score (nSPS) is 14.9. The second-order valence-electron chi connectivity index (χ2n) is 8.63. The van der Waals surface area contributed by atoms with Crippen LogP contribution in [0, 0.1) is 11.8 Å². The number of benzene rings is 1. The van der Waals surface area contributed by atoms with Crippen molar-refractivity contribution in [3.63, 3.8) is 0 Å². The lowest BCUT2D eigenvalue weighted by Crippen LogP contribution is -2.51. The first-order valence-corrected chi connectivity index (χ1v) is 11.7. The molecule has 172 valence electrons. The number of hydrogen-bond acceptors (Lipinski definition) is 6. The average molecular weight is 450 g/mol. The number of aliphatic hydroxyl groups excluding tert-OH is 2. The second-order valence-corrected chi connectivity index (χ2v) is 9.66. The molecule has 0 spiro atoms. The van der Waals surface area contributed by atoms with E-state index in [-0.39, 0.29) is 19.3 Å². The molecule has 0 saturated heterocycles. The van der Waals surface area contributed by atoms with Crippen molar-refractivity contribution in [1.82, 2.24) is 5.32 Å². The molecule has 0 fully saturated rings. The molecule has 7 heteroatoms. The largest absolute Gasteiger partial charge is 0.390 e. The zero-order chi connectivity index (χ0) is 22.9. The third-order valence-electron chi connectivity index (χ3n) is 5.29. The van der Waals surface area contributed by atoms with E-state index in [2.05, 4.69) is 5.32 Å². The Morgan fingerprint density at radius 3 is 2.35 bits per heavy atom. The summed E-state index contributed by atoms with van der Waals surface area (Å²) in [6, 6.07) is 13.1. The summed E-state index contributed by atoms with van der Waals surface area (Å²) in [6.45, 7) is 4.10. The van der Waals surface area contributed by atoms with Gasteiger partial charge in [0.15, 0.2) is 0 Å². The molecule has 0 saturated carbocycles. The molecule has 6 nitrogen and oxygen atoms in total. The summed E-state index contributed by atoms with van der Waals surface area (Å²) < 4.78 is 0. The van der Waals surface area contributed by atoms with Crippen LogP contribution in [-0.4, -0.2) is 44.5 Å². The predicted octanol–water partition coefficient (Wildman–Crippen LogP) is 2.84. The molecule has 0 aliphatic heterocycles. The standard InChI is InChI=1S/C24H35NO5S/c1-17(2)8-6-12-24(29,30)25-23(28)19(15-20-11-7-13-31-20)16-22(27)21(26)14-18-9-4-3-5-10-18/h3-5,7,9-11,13,17,19,21-22,26-27,29-30H,6,8,12,14-16H2,1-2H3,(H,25,28)/t19?,21-,22?/m0/s1. The molecule has 1 amide bonds. The van der Waals surface area contributed by atoms with Crippen LogP contribution in [0.5, 0.6) is 0 Å². The fourth-order valence-corrected chi connectivity index (χ4v) is 4.30. The molecule has 3 atom stereocenters. The van der Waals surface area contributed by atoms with Crippen LogP contribution in [0.15, 0.2) is 47.8 Å². The van der Waals surface area contributed by atoms with E-state index in [0.29, 0.717) is 18.8 Å². The second kappa shape index (κ2) is 12.3. The molecule has 0 bridgehead atoms. The number of nitrogens with one attached hydrogen (secondary N) is 1. The lowest BCUT2D eigenvalue weighted by atomic mass is 9.91. The molecule has 5 N–H and O–H groups in total. The van der Waals surface area contributed by atoms with Crippen LogP contribution in [0.3, 0.4) is 0 Å². The molecule has 0 aliphatic carbocycles. The van der Waals surface area contributed by atoms with E-state index < -0.39 is 29.9 Å². The van der Waals surface area contributed by atoms with Gasteiger partial charge >= 0.3 is 0 Å². The minimum atomic E-state index is -2.30. The van der Waals surface area contributed by atoms with E-state index in [1.807, 2.05) is 61.7 Å². The SMILES string of the molecule is CC(C)CCCC(O)(O)NC(=O)C(Cc1cccs1)CC(O)[C@@H](O)Cc1ccccc1. The molecule has 0 radical (unpaired) electrons. The minimum Gasteiger partial charge on any atom is -0.390 e. The maximum Gasteiger partial charge on any atom is 0.246 e. The first kappa shape index (κ1) is 25.5. The molecule has 1 heterocycles. The van der Waals surface area contributed by atoms with Crippen molar-refractivity contribution in [2.45, 2.75) is 70.5 Å². The van der Waals surface area contributed by atoms with E-state index in [0.717, 1.165) is 16.9 Å². The fourth-order valence-electron chi connectivity index (χ4n) is 3.51. The number of carbonyl (C=O) groups excluding carboxylic acids is 1. The van der Waals surface area contributed by atoms with Gasteiger partial charge in [-0.1, -0.05) is 56.7 Å². The van der Waals surface area contributed by atoms with Crippen molar-refractivity contribution in [1.29, 1.82) is 0 Å². The number of thiophene rings is 1. The van der Waals surface area contributed by atoms with E-state index in [1.54, 1.807) is 0 Å². The Hall–Kier alpha value is -1.77. The van der Waals surface area contributed by atoms with Crippen LogP contribution in [-0.2, 0) is 17.6 Å².